The maximum absolute atomic E-state index is 10.3. The van der Waals surface area contributed by atoms with E-state index in [1.807, 2.05) is 0 Å². The Kier molecular flexibility index (Phi) is 2.50. The molecule has 0 aromatic carbocycles. The third-order valence-corrected chi connectivity index (χ3v) is 3.53. The van der Waals surface area contributed by atoms with Gasteiger partial charge in [-0.1, -0.05) is 20.8 Å². The first-order valence-corrected chi connectivity index (χ1v) is 4.90. The Morgan fingerprint density at radius 3 is 2.25 bits per heavy atom. The Balaban J connectivity index is 2.60. The van der Waals surface area contributed by atoms with Crippen molar-refractivity contribution in [1.29, 1.82) is 0 Å². The number of hydrogen-bond acceptors (Lipinski definition) is 2. The Bertz CT molecular complexity index is 167. The molecule has 1 aliphatic carbocycles. The van der Waals surface area contributed by atoms with Gasteiger partial charge in [0.05, 0.1) is 5.60 Å². The van der Waals surface area contributed by atoms with Crippen LogP contribution in [-0.2, 0) is 0 Å². The summed E-state index contributed by atoms with van der Waals surface area (Å²) in [7, 11) is 0. The van der Waals surface area contributed by atoms with Crippen LogP contribution in [-0.4, -0.2) is 23.3 Å². The van der Waals surface area contributed by atoms with Crippen molar-refractivity contribution in [2.75, 3.05) is 6.54 Å². The molecule has 0 radical (unpaired) electrons. The standard InChI is InChI=1S/C10H21NO/c1-5-11-8(2)10(12)7-6-9(10,3)4/h8,11-12H,5-7H2,1-4H3. The van der Waals surface area contributed by atoms with Gasteiger partial charge in [-0.2, -0.15) is 0 Å². The SMILES string of the molecule is CCNC(C)C1(O)CCC1(C)C. The number of rotatable bonds is 3. The van der Waals surface area contributed by atoms with Crippen LogP contribution >= 0.6 is 0 Å². The molecule has 2 atom stereocenters. The van der Waals surface area contributed by atoms with Crippen molar-refractivity contribution >= 4 is 0 Å². The fourth-order valence-electron chi connectivity index (χ4n) is 2.16. The van der Waals surface area contributed by atoms with Crippen LogP contribution in [0.5, 0.6) is 0 Å². The molecule has 2 heteroatoms. The van der Waals surface area contributed by atoms with Crippen LogP contribution in [0.2, 0.25) is 0 Å². The summed E-state index contributed by atoms with van der Waals surface area (Å²) in [4.78, 5) is 0. The van der Waals surface area contributed by atoms with Gasteiger partial charge in [0.15, 0.2) is 0 Å². The molecule has 1 fully saturated rings. The second-order valence-electron chi connectivity index (χ2n) is 4.59. The van der Waals surface area contributed by atoms with Crippen molar-refractivity contribution in [3.05, 3.63) is 0 Å². The molecule has 0 aliphatic heterocycles. The van der Waals surface area contributed by atoms with E-state index in [1.165, 1.54) is 0 Å². The second-order valence-corrected chi connectivity index (χ2v) is 4.59. The van der Waals surface area contributed by atoms with Crippen molar-refractivity contribution in [3.8, 4) is 0 Å². The van der Waals surface area contributed by atoms with E-state index >= 15 is 0 Å². The lowest BCUT2D eigenvalue weighted by Gasteiger charge is -2.56. The maximum atomic E-state index is 10.3. The molecular formula is C10H21NO. The Morgan fingerprint density at radius 2 is 2.00 bits per heavy atom. The molecule has 1 rings (SSSR count). The van der Waals surface area contributed by atoms with Crippen LogP contribution in [0.1, 0.15) is 40.5 Å². The van der Waals surface area contributed by atoms with Gasteiger partial charge in [-0.25, -0.2) is 0 Å². The third kappa shape index (κ3) is 1.27. The minimum Gasteiger partial charge on any atom is -0.388 e. The first kappa shape index (κ1) is 10.0. The van der Waals surface area contributed by atoms with Crippen LogP contribution in [0.4, 0.5) is 0 Å². The van der Waals surface area contributed by atoms with Crippen molar-refractivity contribution in [3.63, 3.8) is 0 Å². The monoisotopic (exact) mass is 171 g/mol. The fraction of sp³-hybridized carbons (Fsp3) is 1.00. The predicted molar refractivity (Wildman–Crippen MR) is 51.1 cm³/mol. The van der Waals surface area contributed by atoms with Crippen LogP contribution in [0.15, 0.2) is 0 Å². The van der Waals surface area contributed by atoms with Gasteiger partial charge in [0, 0.05) is 6.04 Å². The van der Waals surface area contributed by atoms with E-state index in [9.17, 15) is 5.11 Å². The van der Waals surface area contributed by atoms with E-state index in [0.29, 0.717) is 0 Å². The smallest absolute Gasteiger partial charge is 0.0848 e. The lowest BCUT2D eigenvalue weighted by atomic mass is 9.56. The molecule has 0 heterocycles. The molecule has 2 unspecified atom stereocenters. The zero-order valence-electron chi connectivity index (χ0n) is 8.65. The van der Waals surface area contributed by atoms with E-state index in [-0.39, 0.29) is 11.5 Å². The molecule has 12 heavy (non-hydrogen) atoms. The van der Waals surface area contributed by atoms with E-state index in [2.05, 4.69) is 33.0 Å². The number of aliphatic hydroxyl groups is 1. The average Bonchev–Trinajstić information content (AvgIpc) is 2.01. The predicted octanol–water partition coefficient (Wildman–Crippen LogP) is 1.54. The van der Waals surface area contributed by atoms with Gasteiger partial charge in [0.1, 0.15) is 0 Å². The summed E-state index contributed by atoms with van der Waals surface area (Å²) in [6.45, 7) is 9.37. The quantitative estimate of drug-likeness (QED) is 0.675. The highest BCUT2D eigenvalue weighted by atomic mass is 16.3. The van der Waals surface area contributed by atoms with Crippen LogP contribution < -0.4 is 5.32 Å². The van der Waals surface area contributed by atoms with Gasteiger partial charge in [-0.05, 0) is 31.7 Å². The fourth-order valence-corrected chi connectivity index (χ4v) is 2.16. The zero-order chi connectivity index (χ0) is 9.41. The summed E-state index contributed by atoms with van der Waals surface area (Å²) in [6.07, 6.45) is 2.08. The first-order chi connectivity index (χ1) is 5.44. The largest absolute Gasteiger partial charge is 0.388 e. The third-order valence-electron chi connectivity index (χ3n) is 3.53. The molecule has 0 saturated heterocycles. The molecule has 2 nitrogen and oxygen atoms in total. The van der Waals surface area contributed by atoms with Crippen molar-refractivity contribution in [2.45, 2.75) is 52.2 Å². The first-order valence-electron chi connectivity index (χ1n) is 4.90. The summed E-state index contributed by atoms with van der Waals surface area (Å²) >= 11 is 0. The van der Waals surface area contributed by atoms with Gasteiger partial charge in [0.2, 0.25) is 0 Å². The molecular weight excluding hydrogens is 150 g/mol. The molecule has 72 valence electrons. The summed E-state index contributed by atoms with van der Waals surface area (Å²) in [5, 5.41) is 13.6. The van der Waals surface area contributed by atoms with Crippen LogP contribution in [0, 0.1) is 5.41 Å². The lowest BCUT2D eigenvalue weighted by Crippen LogP contribution is -2.64. The topological polar surface area (TPSA) is 32.3 Å². The highest BCUT2D eigenvalue weighted by Crippen LogP contribution is 2.51. The van der Waals surface area contributed by atoms with E-state index in [1.54, 1.807) is 0 Å². The van der Waals surface area contributed by atoms with Crippen molar-refractivity contribution in [1.82, 2.24) is 5.32 Å². The van der Waals surface area contributed by atoms with Gasteiger partial charge in [-0.15, -0.1) is 0 Å². The summed E-state index contributed by atoms with van der Waals surface area (Å²) in [5.41, 5.74) is -0.391. The zero-order valence-corrected chi connectivity index (χ0v) is 8.65. The summed E-state index contributed by atoms with van der Waals surface area (Å²) in [6, 6.07) is 0.214. The van der Waals surface area contributed by atoms with Gasteiger partial charge in [0.25, 0.3) is 0 Å². The molecule has 2 N–H and O–H groups in total. The van der Waals surface area contributed by atoms with Crippen molar-refractivity contribution in [2.24, 2.45) is 5.41 Å². The minimum atomic E-state index is -0.483. The van der Waals surface area contributed by atoms with Gasteiger partial charge < -0.3 is 10.4 Å². The molecule has 1 aliphatic rings. The number of nitrogens with one attached hydrogen (secondary N) is 1. The van der Waals surface area contributed by atoms with Gasteiger partial charge in [-0.3, -0.25) is 0 Å². The van der Waals surface area contributed by atoms with Crippen molar-refractivity contribution < 1.29 is 5.11 Å². The summed E-state index contributed by atoms with van der Waals surface area (Å²) < 4.78 is 0. The molecule has 0 spiro atoms. The summed E-state index contributed by atoms with van der Waals surface area (Å²) in [5.74, 6) is 0. The average molecular weight is 171 g/mol. The number of likely N-dealkylation sites (N-methyl/N-ethyl adjacent to an activating group) is 1. The van der Waals surface area contributed by atoms with Crippen LogP contribution in [0.3, 0.4) is 0 Å². The highest BCUT2D eigenvalue weighted by Gasteiger charge is 2.54. The van der Waals surface area contributed by atoms with E-state index < -0.39 is 5.60 Å². The molecule has 1 saturated carbocycles. The lowest BCUT2D eigenvalue weighted by molar-refractivity contribution is -0.166. The molecule has 0 bridgehead atoms. The van der Waals surface area contributed by atoms with Crippen LogP contribution in [0.25, 0.3) is 0 Å². The molecule has 0 aromatic heterocycles. The van der Waals surface area contributed by atoms with Gasteiger partial charge >= 0.3 is 0 Å². The highest BCUT2D eigenvalue weighted by molar-refractivity contribution is 5.08. The maximum Gasteiger partial charge on any atom is 0.0848 e. The molecule has 0 aromatic rings. The van der Waals surface area contributed by atoms with E-state index in [0.717, 1.165) is 19.4 Å². The number of hydrogen-bond donors (Lipinski definition) is 2. The van der Waals surface area contributed by atoms with E-state index in [4.69, 9.17) is 0 Å². The molecule has 0 amide bonds. The Hall–Kier alpha value is -0.0800. The normalized spacial score (nSPS) is 35.8. The second kappa shape index (κ2) is 3.00. The Labute approximate surface area is 75.4 Å². The Morgan fingerprint density at radius 1 is 1.42 bits per heavy atom. The minimum absolute atomic E-state index is 0.0919.